The van der Waals surface area contributed by atoms with Crippen LogP contribution in [0.3, 0.4) is 0 Å². The standard InChI is InChI=1S/C7H5F3O3/c8-4-2-6(10)5(9)1-3(4)7(11,12)13/h1-2,11-13H. The van der Waals surface area contributed by atoms with Crippen LogP contribution in [0.1, 0.15) is 5.56 Å². The third kappa shape index (κ3) is 1.97. The van der Waals surface area contributed by atoms with Gasteiger partial charge in [-0.1, -0.05) is 0 Å². The van der Waals surface area contributed by atoms with Crippen LogP contribution in [-0.4, -0.2) is 15.3 Å². The van der Waals surface area contributed by atoms with Crippen LogP contribution in [0.5, 0.6) is 0 Å². The molecule has 1 aromatic carbocycles. The van der Waals surface area contributed by atoms with Crippen molar-refractivity contribution in [2.24, 2.45) is 0 Å². The Bertz CT molecular complexity index is 332. The highest BCUT2D eigenvalue weighted by Crippen LogP contribution is 2.21. The minimum absolute atomic E-state index is 0.0993. The zero-order valence-electron chi connectivity index (χ0n) is 6.13. The molecule has 3 N–H and O–H groups in total. The summed E-state index contributed by atoms with van der Waals surface area (Å²) in [6.07, 6.45) is 0. The summed E-state index contributed by atoms with van der Waals surface area (Å²) in [5.74, 6) is -7.94. The molecule has 0 aliphatic carbocycles. The fourth-order valence-electron chi connectivity index (χ4n) is 0.780. The molecule has 0 heterocycles. The van der Waals surface area contributed by atoms with Gasteiger partial charge in [-0.25, -0.2) is 13.2 Å². The molecule has 0 saturated heterocycles. The van der Waals surface area contributed by atoms with Gasteiger partial charge in [0.2, 0.25) is 0 Å². The highest BCUT2D eigenvalue weighted by atomic mass is 19.2. The second kappa shape index (κ2) is 2.99. The second-order valence-electron chi connectivity index (χ2n) is 2.38. The van der Waals surface area contributed by atoms with Gasteiger partial charge in [-0.15, -0.1) is 0 Å². The van der Waals surface area contributed by atoms with E-state index < -0.39 is 29.0 Å². The van der Waals surface area contributed by atoms with Gasteiger partial charge in [0, 0.05) is 6.07 Å². The molecule has 0 atom stereocenters. The van der Waals surface area contributed by atoms with Gasteiger partial charge in [0.15, 0.2) is 11.6 Å². The first kappa shape index (κ1) is 9.97. The van der Waals surface area contributed by atoms with E-state index in [0.717, 1.165) is 0 Å². The van der Waals surface area contributed by atoms with Gasteiger partial charge in [-0.3, -0.25) is 0 Å². The molecular weight excluding hydrogens is 189 g/mol. The first-order valence-electron chi connectivity index (χ1n) is 3.14. The van der Waals surface area contributed by atoms with Crippen molar-refractivity contribution < 1.29 is 28.5 Å². The molecule has 3 nitrogen and oxygen atoms in total. The van der Waals surface area contributed by atoms with Crippen molar-refractivity contribution in [1.29, 1.82) is 0 Å². The van der Waals surface area contributed by atoms with Crippen molar-refractivity contribution in [2.45, 2.75) is 5.97 Å². The molecular formula is C7H5F3O3. The largest absolute Gasteiger partial charge is 0.340 e. The topological polar surface area (TPSA) is 60.7 Å². The first-order chi connectivity index (χ1) is 5.82. The summed E-state index contributed by atoms with van der Waals surface area (Å²) in [5, 5.41) is 25.4. The summed E-state index contributed by atoms with van der Waals surface area (Å²) in [5.41, 5.74) is -1.15. The fourth-order valence-corrected chi connectivity index (χ4v) is 0.780. The lowest BCUT2D eigenvalue weighted by molar-refractivity contribution is -0.325. The summed E-state index contributed by atoms with van der Waals surface area (Å²) in [7, 11) is 0. The SMILES string of the molecule is OC(O)(O)c1cc(F)c(F)cc1F. The van der Waals surface area contributed by atoms with Crippen molar-refractivity contribution in [1.82, 2.24) is 0 Å². The Labute approximate surface area is 70.7 Å². The molecule has 0 amide bonds. The number of hydrogen-bond acceptors (Lipinski definition) is 3. The fraction of sp³-hybridized carbons (Fsp3) is 0.143. The third-order valence-electron chi connectivity index (χ3n) is 1.37. The van der Waals surface area contributed by atoms with Gasteiger partial charge < -0.3 is 15.3 Å². The lowest BCUT2D eigenvalue weighted by Gasteiger charge is -2.14. The van der Waals surface area contributed by atoms with E-state index in [9.17, 15) is 13.2 Å². The van der Waals surface area contributed by atoms with Gasteiger partial charge in [0.05, 0.1) is 5.56 Å². The van der Waals surface area contributed by atoms with Crippen LogP contribution >= 0.6 is 0 Å². The molecule has 0 aromatic heterocycles. The smallest absolute Gasteiger partial charge is 0.307 e. The van der Waals surface area contributed by atoms with Crippen LogP contribution in [0, 0.1) is 17.5 Å². The summed E-state index contributed by atoms with van der Waals surface area (Å²) in [6, 6.07) is 0.257. The zero-order valence-corrected chi connectivity index (χ0v) is 6.13. The van der Waals surface area contributed by atoms with Crippen molar-refractivity contribution in [3.63, 3.8) is 0 Å². The van der Waals surface area contributed by atoms with Gasteiger partial charge in [0.25, 0.3) is 0 Å². The Morgan fingerprint density at radius 1 is 0.846 bits per heavy atom. The van der Waals surface area contributed by atoms with Crippen molar-refractivity contribution in [3.05, 3.63) is 35.1 Å². The number of halogens is 3. The van der Waals surface area contributed by atoms with Crippen LogP contribution in [0.15, 0.2) is 12.1 Å². The van der Waals surface area contributed by atoms with Gasteiger partial charge in [-0.2, -0.15) is 0 Å². The van der Waals surface area contributed by atoms with Crippen molar-refractivity contribution in [2.75, 3.05) is 0 Å². The van der Waals surface area contributed by atoms with Crippen LogP contribution in [0.2, 0.25) is 0 Å². The highest BCUT2D eigenvalue weighted by Gasteiger charge is 2.27. The number of aliphatic hydroxyl groups is 3. The predicted molar refractivity (Wildman–Crippen MR) is 34.7 cm³/mol. The molecule has 1 aromatic rings. The van der Waals surface area contributed by atoms with Crippen LogP contribution in [0.25, 0.3) is 0 Å². The quantitative estimate of drug-likeness (QED) is 0.441. The molecule has 0 bridgehead atoms. The molecule has 1 rings (SSSR count). The average molecular weight is 194 g/mol. The lowest BCUT2D eigenvalue weighted by atomic mass is 10.1. The Kier molecular flexibility index (Phi) is 2.29. The van der Waals surface area contributed by atoms with Crippen LogP contribution in [-0.2, 0) is 5.97 Å². The van der Waals surface area contributed by atoms with E-state index >= 15 is 0 Å². The summed E-state index contributed by atoms with van der Waals surface area (Å²) < 4.78 is 37.3. The van der Waals surface area contributed by atoms with Crippen LogP contribution in [0.4, 0.5) is 13.2 Å². The number of benzene rings is 1. The minimum atomic E-state index is -3.52. The molecule has 0 radical (unpaired) electrons. The molecule has 72 valence electrons. The van der Waals surface area contributed by atoms with Crippen molar-refractivity contribution >= 4 is 0 Å². The maximum absolute atomic E-state index is 12.6. The molecule has 0 saturated carbocycles. The van der Waals surface area contributed by atoms with E-state index in [2.05, 4.69) is 0 Å². The molecule has 0 spiro atoms. The lowest BCUT2D eigenvalue weighted by Crippen LogP contribution is -2.25. The highest BCUT2D eigenvalue weighted by molar-refractivity contribution is 5.22. The average Bonchev–Trinajstić information content (AvgIpc) is 1.94. The first-order valence-corrected chi connectivity index (χ1v) is 3.14. The Hall–Kier alpha value is -1.11. The maximum atomic E-state index is 12.6. The summed E-state index contributed by atoms with van der Waals surface area (Å²) in [6.45, 7) is 0. The maximum Gasteiger partial charge on any atom is 0.307 e. The molecule has 13 heavy (non-hydrogen) atoms. The van der Waals surface area contributed by atoms with E-state index in [0.29, 0.717) is 0 Å². The van der Waals surface area contributed by atoms with Crippen LogP contribution < -0.4 is 0 Å². The number of hydrogen-bond donors (Lipinski definition) is 3. The van der Waals surface area contributed by atoms with E-state index in [1.54, 1.807) is 0 Å². The van der Waals surface area contributed by atoms with E-state index in [1.165, 1.54) is 0 Å². The predicted octanol–water partition coefficient (Wildman–Crippen LogP) is 0.191. The molecule has 0 fully saturated rings. The minimum Gasteiger partial charge on any atom is -0.340 e. The molecule has 0 unspecified atom stereocenters. The number of rotatable bonds is 1. The Morgan fingerprint density at radius 2 is 1.31 bits per heavy atom. The van der Waals surface area contributed by atoms with Gasteiger partial charge in [-0.05, 0) is 6.07 Å². The third-order valence-corrected chi connectivity index (χ3v) is 1.37. The second-order valence-corrected chi connectivity index (χ2v) is 2.38. The van der Waals surface area contributed by atoms with E-state index in [1.807, 2.05) is 0 Å². The summed E-state index contributed by atoms with van der Waals surface area (Å²) in [4.78, 5) is 0. The van der Waals surface area contributed by atoms with Crippen molar-refractivity contribution in [3.8, 4) is 0 Å². The Morgan fingerprint density at radius 3 is 1.77 bits per heavy atom. The van der Waals surface area contributed by atoms with Gasteiger partial charge in [0.1, 0.15) is 5.82 Å². The zero-order chi connectivity index (χ0) is 10.2. The molecule has 0 aliphatic heterocycles. The monoisotopic (exact) mass is 194 g/mol. The normalized spacial score (nSPS) is 11.8. The molecule has 6 heteroatoms. The Balaban J connectivity index is 3.32. The van der Waals surface area contributed by atoms with E-state index in [-0.39, 0.29) is 12.1 Å². The van der Waals surface area contributed by atoms with E-state index in [4.69, 9.17) is 15.3 Å². The molecule has 0 aliphatic rings. The van der Waals surface area contributed by atoms with Gasteiger partial charge >= 0.3 is 5.97 Å². The summed E-state index contributed by atoms with van der Waals surface area (Å²) >= 11 is 0.